The van der Waals surface area contributed by atoms with Gasteiger partial charge in [0, 0.05) is 23.6 Å². The average molecular weight is 415 g/mol. The summed E-state index contributed by atoms with van der Waals surface area (Å²) in [7, 11) is 0. The minimum atomic E-state index is -0.234. The Kier molecular flexibility index (Phi) is 10.6. The monoisotopic (exact) mass is 414 g/mol. The van der Waals surface area contributed by atoms with Crippen LogP contribution in [0.5, 0.6) is 17.2 Å². The highest BCUT2D eigenvalue weighted by molar-refractivity contribution is 6.05. The molecule has 6 heteroatoms. The van der Waals surface area contributed by atoms with E-state index in [0.29, 0.717) is 48.3 Å². The third kappa shape index (κ3) is 7.58. The largest absolute Gasteiger partial charge is 0.490 e. The van der Waals surface area contributed by atoms with Gasteiger partial charge in [-0.1, -0.05) is 40.0 Å². The summed E-state index contributed by atoms with van der Waals surface area (Å²) in [5.74, 6) is 1.44. The van der Waals surface area contributed by atoms with E-state index in [1.807, 2.05) is 0 Å². The lowest BCUT2D eigenvalue weighted by Crippen LogP contribution is -2.14. The molecular weight excluding hydrogens is 380 g/mol. The van der Waals surface area contributed by atoms with E-state index in [9.17, 15) is 4.79 Å². The molecule has 0 atom stereocenters. The maximum atomic E-state index is 12.9. The number of nitrogens with zero attached hydrogens (tertiary/aromatic N) is 1. The summed E-state index contributed by atoms with van der Waals surface area (Å²) in [6.45, 7) is 8.04. The highest BCUT2D eigenvalue weighted by Gasteiger charge is 2.19. The summed E-state index contributed by atoms with van der Waals surface area (Å²) in [6, 6.07) is 6.97. The van der Waals surface area contributed by atoms with Crippen LogP contribution in [0.3, 0.4) is 0 Å². The lowest BCUT2D eigenvalue weighted by molar-refractivity contribution is 0.102. The molecule has 30 heavy (non-hydrogen) atoms. The maximum absolute atomic E-state index is 12.9. The second-order valence-electron chi connectivity index (χ2n) is 7.10. The van der Waals surface area contributed by atoms with E-state index < -0.39 is 0 Å². The summed E-state index contributed by atoms with van der Waals surface area (Å²) < 4.78 is 18.0. The van der Waals surface area contributed by atoms with Crippen LogP contribution in [0.15, 0.2) is 36.7 Å². The number of aromatic nitrogens is 1. The number of ether oxygens (including phenoxy) is 3. The number of carbonyl (C=O) groups is 1. The van der Waals surface area contributed by atoms with Gasteiger partial charge in [0.05, 0.1) is 19.8 Å². The van der Waals surface area contributed by atoms with Gasteiger partial charge in [-0.15, -0.1) is 0 Å². The first-order chi connectivity index (χ1) is 14.7. The number of pyridine rings is 1. The van der Waals surface area contributed by atoms with Crippen LogP contribution >= 0.6 is 0 Å². The summed E-state index contributed by atoms with van der Waals surface area (Å²) in [5, 5.41) is 2.89. The molecule has 0 aliphatic heterocycles. The molecular formula is C24H34N2O4. The van der Waals surface area contributed by atoms with Crippen LogP contribution in [0.4, 0.5) is 5.69 Å². The first kappa shape index (κ1) is 23.5. The molecule has 0 bridgehead atoms. The third-order valence-corrected chi connectivity index (χ3v) is 4.48. The number of rotatable bonds is 14. The normalized spacial score (nSPS) is 10.5. The van der Waals surface area contributed by atoms with Crippen LogP contribution < -0.4 is 19.5 Å². The molecule has 1 N–H and O–H groups in total. The van der Waals surface area contributed by atoms with E-state index in [-0.39, 0.29) is 5.91 Å². The van der Waals surface area contributed by atoms with Crippen molar-refractivity contribution >= 4 is 11.6 Å². The van der Waals surface area contributed by atoms with Crippen molar-refractivity contribution in [3.05, 3.63) is 42.2 Å². The number of benzene rings is 1. The Labute approximate surface area is 180 Å². The van der Waals surface area contributed by atoms with Crippen molar-refractivity contribution in [3.8, 4) is 17.2 Å². The first-order valence-corrected chi connectivity index (χ1v) is 11.0. The van der Waals surface area contributed by atoms with Crippen LogP contribution in [0, 0.1) is 0 Å². The SMILES string of the molecule is CCCCOc1cc(C(=O)Nc2ccncc2)cc(OCCCC)c1OCCCC. The predicted octanol–water partition coefficient (Wildman–Crippen LogP) is 5.87. The molecule has 0 aliphatic rings. The summed E-state index contributed by atoms with van der Waals surface area (Å²) in [6.07, 6.45) is 9.14. The van der Waals surface area contributed by atoms with Crippen LogP contribution in [0.25, 0.3) is 0 Å². The fourth-order valence-electron chi connectivity index (χ4n) is 2.67. The van der Waals surface area contributed by atoms with Gasteiger partial charge < -0.3 is 19.5 Å². The number of hydrogen-bond donors (Lipinski definition) is 1. The smallest absolute Gasteiger partial charge is 0.255 e. The molecule has 2 rings (SSSR count). The lowest BCUT2D eigenvalue weighted by atomic mass is 10.1. The Hall–Kier alpha value is -2.76. The zero-order chi connectivity index (χ0) is 21.6. The Balaban J connectivity index is 2.33. The van der Waals surface area contributed by atoms with Crippen molar-refractivity contribution in [2.75, 3.05) is 25.1 Å². The van der Waals surface area contributed by atoms with Gasteiger partial charge in [0.25, 0.3) is 5.91 Å². The summed E-state index contributed by atoms with van der Waals surface area (Å²) >= 11 is 0. The van der Waals surface area contributed by atoms with Crippen LogP contribution in [0.2, 0.25) is 0 Å². The lowest BCUT2D eigenvalue weighted by Gasteiger charge is -2.18. The van der Waals surface area contributed by atoms with Crippen molar-refractivity contribution in [1.82, 2.24) is 4.98 Å². The zero-order valence-electron chi connectivity index (χ0n) is 18.4. The summed E-state index contributed by atoms with van der Waals surface area (Å²) in [4.78, 5) is 16.8. The van der Waals surface area contributed by atoms with Crippen molar-refractivity contribution in [3.63, 3.8) is 0 Å². The molecule has 0 spiro atoms. The topological polar surface area (TPSA) is 69.7 Å². The second-order valence-corrected chi connectivity index (χ2v) is 7.10. The van der Waals surface area contributed by atoms with Gasteiger partial charge in [-0.2, -0.15) is 0 Å². The maximum Gasteiger partial charge on any atom is 0.255 e. The number of amides is 1. The molecule has 0 fully saturated rings. The fourth-order valence-corrected chi connectivity index (χ4v) is 2.67. The van der Waals surface area contributed by atoms with E-state index in [4.69, 9.17) is 14.2 Å². The molecule has 0 radical (unpaired) electrons. The van der Waals surface area contributed by atoms with E-state index in [1.165, 1.54) is 0 Å². The predicted molar refractivity (Wildman–Crippen MR) is 120 cm³/mol. The van der Waals surface area contributed by atoms with Gasteiger partial charge in [0.15, 0.2) is 11.5 Å². The van der Waals surface area contributed by atoms with E-state index in [0.717, 1.165) is 38.5 Å². The minimum Gasteiger partial charge on any atom is -0.490 e. The minimum absolute atomic E-state index is 0.234. The molecule has 2 aromatic rings. The quantitative estimate of drug-likeness (QED) is 0.392. The van der Waals surface area contributed by atoms with Gasteiger partial charge in [0.2, 0.25) is 5.75 Å². The van der Waals surface area contributed by atoms with Crippen molar-refractivity contribution < 1.29 is 19.0 Å². The van der Waals surface area contributed by atoms with Crippen molar-refractivity contribution in [1.29, 1.82) is 0 Å². The fraction of sp³-hybridized carbons (Fsp3) is 0.500. The van der Waals surface area contributed by atoms with Crippen LogP contribution in [-0.2, 0) is 0 Å². The van der Waals surface area contributed by atoms with Gasteiger partial charge in [-0.25, -0.2) is 0 Å². The van der Waals surface area contributed by atoms with Crippen LogP contribution in [0.1, 0.15) is 69.7 Å². The van der Waals surface area contributed by atoms with Gasteiger partial charge in [-0.05, 0) is 43.5 Å². The molecule has 6 nitrogen and oxygen atoms in total. The first-order valence-electron chi connectivity index (χ1n) is 11.0. The van der Waals surface area contributed by atoms with Gasteiger partial charge in [0.1, 0.15) is 0 Å². The number of anilines is 1. The molecule has 1 amide bonds. The Morgan fingerprint density at radius 2 is 1.33 bits per heavy atom. The number of carbonyl (C=O) groups excluding carboxylic acids is 1. The molecule has 0 saturated heterocycles. The van der Waals surface area contributed by atoms with E-state index in [1.54, 1.807) is 36.7 Å². The Morgan fingerprint density at radius 1 is 0.833 bits per heavy atom. The molecule has 164 valence electrons. The molecule has 1 heterocycles. The van der Waals surface area contributed by atoms with E-state index >= 15 is 0 Å². The highest BCUT2D eigenvalue weighted by atomic mass is 16.5. The average Bonchev–Trinajstić information content (AvgIpc) is 2.76. The summed E-state index contributed by atoms with van der Waals surface area (Å²) in [5.41, 5.74) is 1.15. The molecule has 1 aromatic heterocycles. The third-order valence-electron chi connectivity index (χ3n) is 4.48. The van der Waals surface area contributed by atoms with Crippen molar-refractivity contribution in [2.45, 2.75) is 59.3 Å². The molecule has 0 saturated carbocycles. The number of unbranched alkanes of at least 4 members (excludes halogenated alkanes) is 3. The van der Waals surface area contributed by atoms with Crippen molar-refractivity contribution in [2.24, 2.45) is 0 Å². The Bertz CT molecular complexity index is 734. The molecule has 1 aromatic carbocycles. The zero-order valence-corrected chi connectivity index (χ0v) is 18.4. The van der Waals surface area contributed by atoms with Gasteiger partial charge >= 0.3 is 0 Å². The molecule has 0 unspecified atom stereocenters. The standard InChI is InChI=1S/C24H34N2O4/c1-4-7-14-28-21-17-19(24(27)26-20-10-12-25-13-11-20)18-22(29-15-8-5-2)23(21)30-16-9-6-3/h10-13,17-18H,4-9,14-16H2,1-3H3,(H,25,26,27). The molecule has 0 aliphatic carbocycles. The number of nitrogens with one attached hydrogen (secondary N) is 1. The van der Waals surface area contributed by atoms with Crippen LogP contribution in [-0.4, -0.2) is 30.7 Å². The second kappa shape index (κ2) is 13.5. The van der Waals surface area contributed by atoms with Gasteiger partial charge in [-0.3, -0.25) is 9.78 Å². The van der Waals surface area contributed by atoms with E-state index in [2.05, 4.69) is 31.1 Å². The highest BCUT2D eigenvalue weighted by Crippen LogP contribution is 2.39. The number of hydrogen-bond acceptors (Lipinski definition) is 5. The Morgan fingerprint density at radius 3 is 1.83 bits per heavy atom.